The lowest BCUT2D eigenvalue weighted by Gasteiger charge is -2.18. The quantitative estimate of drug-likeness (QED) is 0.585. The van der Waals surface area contributed by atoms with Crippen LogP contribution in [0.1, 0.15) is 17.5 Å². The van der Waals surface area contributed by atoms with Crippen molar-refractivity contribution in [1.29, 1.82) is 0 Å². The average molecular weight is 432 g/mol. The first-order valence-corrected chi connectivity index (χ1v) is 9.18. The second kappa shape index (κ2) is 7.48. The second-order valence-electron chi connectivity index (χ2n) is 6.53. The highest BCUT2D eigenvalue weighted by molar-refractivity contribution is 9.10. The fourth-order valence-electron chi connectivity index (χ4n) is 3.12. The van der Waals surface area contributed by atoms with E-state index < -0.39 is 10.8 Å². The molecule has 8 heteroatoms. The van der Waals surface area contributed by atoms with Gasteiger partial charge in [0.25, 0.3) is 5.69 Å². The molecule has 1 N–H and O–H groups in total. The Labute approximate surface area is 164 Å². The van der Waals surface area contributed by atoms with Crippen LogP contribution in [0.2, 0.25) is 0 Å². The Morgan fingerprint density at radius 3 is 2.70 bits per heavy atom. The number of nitrogens with zero attached hydrogens (tertiary/aromatic N) is 2. The van der Waals surface area contributed by atoms with Gasteiger partial charge in [0.05, 0.1) is 22.1 Å². The molecule has 2 amide bonds. The molecule has 140 valence electrons. The number of hydrogen-bond acceptors (Lipinski definition) is 4. The molecule has 0 saturated carbocycles. The van der Waals surface area contributed by atoms with Gasteiger partial charge in [0.1, 0.15) is 0 Å². The lowest BCUT2D eigenvalue weighted by molar-refractivity contribution is -0.385. The van der Waals surface area contributed by atoms with E-state index in [1.165, 1.54) is 12.1 Å². The summed E-state index contributed by atoms with van der Waals surface area (Å²) in [5.74, 6) is -0.948. The number of benzene rings is 2. The number of carbonyl (C=O) groups excluding carboxylic acids is 2. The van der Waals surface area contributed by atoms with Crippen LogP contribution in [0.5, 0.6) is 0 Å². The Bertz CT molecular complexity index is 945. The predicted octanol–water partition coefficient (Wildman–Crippen LogP) is 3.97. The van der Waals surface area contributed by atoms with E-state index in [0.717, 1.165) is 15.7 Å². The summed E-state index contributed by atoms with van der Waals surface area (Å²) >= 11 is 3.43. The molecule has 1 unspecified atom stereocenters. The van der Waals surface area contributed by atoms with Crippen molar-refractivity contribution in [2.75, 3.05) is 16.8 Å². The third-order valence-electron chi connectivity index (χ3n) is 4.71. The minimum atomic E-state index is -0.514. The fourth-order valence-corrected chi connectivity index (χ4v) is 3.37. The molecule has 1 aliphatic rings. The van der Waals surface area contributed by atoms with Gasteiger partial charge in [-0.1, -0.05) is 22.0 Å². The van der Waals surface area contributed by atoms with Gasteiger partial charge in [0, 0.05) is 29.2 Å². The maximum absolute atomic E-state index is 12.6. The van der Waals surface area contributed by atoms with Crippen molar-refractivity contribution in [3.63, 3.8) is 0 Å². The minimum absolute atomic E-state index is 0.0535. The zero-order valence-corrected chi connectivity index (χ0v) is 16.4. The standard InChI is InChI=1S/C19H18BrN3O4/c1-11-8-14(6-7-15(11)20)22-10-13(9-18(22)24)19(25)21-16-4-3-5-17(12(16)2)23(26)27/h3-8,13H,9-10H2,1-2H3,(H,21,25). The van der Waals surface area contributed by atoms with E-state index in [9.17, 15) is 19.7 Å². The summed E-state index contributed by atoms with van der Waals surface area (Å²) in [7, 11) is 0. The number of rotatable bonds is 4. The largest absolute Gasteiger partial charge is 0.325 e. The number of amides is 2. The van der Waals surface area contributed by atoms with Gasteiger partial charge in [0.15, 0.2) is 0 Å². The minimum Gasteiger partial charge on any atom is -0.325 e. The van der Waals surface area contributed by atoms with Gasteiger partial charge in [-0.15, -0.1) is 0 Å². The zero-order valence-electron chi connectivity index (χ0n) is 14.9. The molecule has 0 spiro atoms. The lowest BCUT2D eigenvalue weighted by Crippen LogP contribution is -2.28. The number of nitro benzene ring substituents is 1. The van der Waals surface area contributed by atoms with Crippen LogP contribution in [-0.2, 0) is 9.59 Å². The summed E-state index contributed by atoms with van der Waals surface area (Å²) in [6.07, 6.45) is 0.106. The maximum Gasteiger partial charge on any atom is 0.274 e. The molecule has 1 atom stereocenters. The van der Waals surface area contributed by atoms with Crippen LogP contribution in [0, 0.1) is 29.9 Å². The van der Waals surface area contributed by atoms with Crippen molar-refractivity contribution in [3.8, 4) is 0 Å². The van der Waals surface area contributed by atoms with E-state index >= 15 is 0 Å². The Balaban J connectivity index is 1.75. The summed E-state index contributed by atoms with van der Waals surface area (Å²) in [5, 5.41) is 13.8. The first-order chi connectivity index (χ1) is 12.8. The third-order valence-corrected chi connectivity index (χ3v) is 5.60. The average Bonchev–Trinajstić information content (AvgIpc) is 3.01. The monoisotopic (exact) mass is 431 g/mol. The van der Waals surface area contributed by atoms with Crippen molar-refractivity contribution in [2.45, 2.75) is 20.3 Å². The van der Waals surface area contributed by atoms with Gasteiger partial charge in [-0.25, -0.2) is 0 Å². The summed E-state index contributed by atoms with van der Waals surface area (Å²) < 4.78 is 0.952. The smallest absolute Gasteiger partial charge is 0.274 e. The SMILES string of the molecule is Cc1cc(N2CC(C(=O)Nc3cccc([N+](=O)[O-])c3C)CC2=O)ccc1Br. The van der Waals surface area contributed by atoms with Gasteiger partial charge in [-0.2, -0.15) is 0 Å². The molecule has 1 fully saturated rings. The number of hydrogen-bond donors (Lipinski definition) is 1. The number of carbonyl (C=O) groups is 2. The highest BCUT2D eigenvalue weighted by Gasteiger charge is 2.35. The van der Waals surface area contributed by atoms with Gasteiger partial charge in [-0.3, -0.25) is 19.7 Å². The van der Waals surface area contributed by atoms with E-state index in [1.54, 1.807) is 17.9 Å². The maximum atomic E-state index is 12.6. The molecular formula is C19H18BrN3O4. The van der Waals surface area contributed by atoms with E-state index in [4.69, 9.17) is 0 Å². The van der Waals surface area contributed by atoms with E-state index in [-0.39, 0.29) is 30.5 Å². The van der Waals surface area contributed by atoms with Crippen LogP contribution in [0.25, 0.3) is 0 Å². The Hall–Kier alpha value is -2.74. The van der Waals surface area contributed by atoms with Crippen molar-refractivity contribution in [3.05, 3.63) is 62.1 Å². The molecule has 0 radical (unpaired) electrons. The van der Waals surface area contributed by atoms with Gasteiger partial charge in [0.2, 0.25) is 11.8 Å². The Morgan fingerprint density at radius 2 is 2.04 bits per heavy atom. The normalized spacial score (nSPS) is 16.5. The zero-order chi connectivity index (χ0) is 19.7. The molecule has 0 aromatic heterocycles. The molecule has 0 bridgehead atoms. The van der Waals surface area contributed by atoms with Gasteiger partial charge >= 0.3 is 0 Å². The van der Waals surface area contributed by atoms with Crippen molar-refractivity contribution >= 4 is 44.8 Å². The number of aryl methyl sites for hydroxylation is 1. The van der Waals surface area contributed by atoms with Gasteiger partial charge < -0.3 is 10.2 Å². The molecule has 27 heavy (non-hydrogen) atoms. The molecule has 3 rings (SSSR count). The van der Waals surface area contributed by atoms with Crippen LogP contribution in [0.15, 0.2) is 40.9 Å². The number of nitrogens with one attached hydrogen (secondary N) is 1. The molecule has 1 saturated heterocycles. The van der Waals surface area contributed by atoms with E-state index in [2.05, 4.69) is 21.2 Å². The molecule has 7 nitrogen and oxygen atoms in total. The molecule has 2 aromatic rings. The van der Waals surface area contributed by atoms with Crippen molar-refractivity contribution < 1.29 is 14.5 Å². The molecule has 0 aliphatic carbocycles. The summed E-state index contributed by atoms with van der Waals surface area (Å²) in [5.41, 5.74) is 2.48. The highest BCUT2D eigenvalue weighted by atomic mass is 79.9. The second-order valence-corrected chi connectivity index (χ2v) is 7.39. The molecule has 1 aliphatic heterocycles. The van der Waals surface area contributed by atoms with Crippen molar-refractivity contribution in [1.82, 2.24) is 0 Å². The van der Waals surface area contributed by atoms with Crippen LogP contribution in [0.4, 0.5) is 17.1 Å². The topological polar surface area (TPSA) is 92.6 Å². The van der Waals surface area contributed by atoms with Crippen LogP contribution in [-0.4, -0.2) is 23.3 Å². The first kappa shape index (κ1) is 19.0. The fraction of sp³-hybridized carbons (Fsp3) is 0.263. The molecular weight excluding hydrogens is 414 g/mol. The predicted molar refractivity (Wildman–Crippen MR) is 106 cm³/mol. The summed E-state index contributed by atoms with van der Waals surface area (Å²) in [4.78, 5) is 37.2. The van der Waals surface area contributed by atoms with Crippen LogP contribution in [0.3, 0.4) is 0 Å². The summed E-state index contributed by atoms with van der Waals surface area (Å²) in [6, 6.07) is 10.1. The number of nitro groups is 1. The third kappa shape index (κ3) is 3.85. The van der Waals surface area contributed by atoms with E-state index in [0.29, 0.717) is 11.3 Å². The number of halogens is 1. The lowest BCUT2D eigenvalue weighted by atomic mass is 10.1. The van der Waals surface area contributed by atoms with Gasteiger partial charge in [-0.05, 0) is 43.7 Å². The summed E-state index contributed by atoms with van der Waals surface area (Å²) in [6.45, 7) is 3.80. The molecule has 2 aromatic carbocycles. The molecule has 1 heterocycles. The van der Waals surface area contributed by atoms with E-state index in [1.807, 2.05) is 25.1 Å². The van der Waals surface area contributed by atoms with Crippen LogP contribution < -0.4 is 10.2 Å². The Kier molecular flexibility index (Phi) is 5.27. The highest BCUT2D eigenvalue weighted by Crippen LogP contribution is 2.30. The van der Waals surface area contributed by atoms with Crippen LogP contribution >= 0.6 is 15.9 Å². The van der Waals surface area contributed by atoms with Crippen molar-refractivity contribution in [2.24, 2.45) is 5.92 Å². The number of anilines is 2. The first-order valence-electron chi connectivity index (χ1n) is 8.39. The Morgan fingerprint density at radius 1 is 1.30 bits per heavy atom.